The van der Waals surface area contributed by atoms with Gasteiger partial charge in [0, 0.05) is 0 Å². The minimum atomic E-state index is -4.18. The summed E-state index contributed by atoms with van der Waals surface area (Å²) in [7, 11) is 0. The van der Waals surface area contributed by atoms with Crippen LogP contribution in [0.2, 0.25) is 0 Å². The van der Waals surface area contributed by atoms with Crippen LogP contribution in [0.25, 0.3) is 0 Å². The zero-order valence-corrected chi connectivity index (χ0v) is 7.06. The van der Waals surface area contributed by atoms with Crippen LogP contribution in [0.3, 0.4) is 0 Å². The Morgan fingerprint density at radius 2 is 1.83 bits per heavy atom. The third-order valence-electron chi connectivity index (χ3n) is 1.45. The molecular formula is C7H13F3O2. The molecule has 0 saturated carbocycles. The fourth-order valence-electron chi connectivity index (χ4n) is 0.500. The molecule has 74 valence electrons. The molecule has 0 aliphatic heterocycles. The highest BCUT2D eigenvalue weighted by Crippen LogP contribution is 2.19. The fourth-order valence-corrected chi connectivity index (χ4v) is 0.500. The van der Waals surface area contributed by atoms with Gasteiger partial charge in [-0.3, -0.25) is 0 Å². The van der Waals surface area contributed by atoms with Crippen LogP contribution in [0.5, 0.6) is 0 Å². The molecule has 2 atom stereocenters. The van der Waals surface area contributed by atoms with E-state index in [0.717, 1.165) is 0 Å². The summed E-state index contributed by atoms with van der Waals surface area (Å²) in [6.07, 6.45) is -6.44. The van der Waals surface area contributed by atoms with Crippen molar-refractivity contribution in [3.63, 3.8) is 0 Å². The van der Waals surface area contributed by atoms with Crippen molar-refractivity contribution in [3.05, 3.63) is 0 Å². The Morgan fingerprint density at radius 1 is 1.33 bits per heavy atom. The van der Waals surface area contributed by atoms with Crippen molar-refractivity contribution in [2.45, 2.75) is 38.7 Å². The van der Waals surface area contributed by atoms with Gasteiger partial charge in [0.15, 0.2) is 0 Å². The Bertz CT molecular complexity index is 122. The first-order valence-electron chi connectivity index (χ1n) is 3.69. The first-order valence-corrected chi connectivity index (χ1v) is 3.69. The molecule has 0 fully saturated rings. The SMILES string of the molecule is CC(O)C(C)OCCC(F)(F)F. The maximum absolute atomic E-state index is 11.6. The molecule has 1 N–H and O–H groups in total. The lowest BCUT2D eigenvalue weighted by atomic mass is 10.2. The Labute approximate surface area is 69.3 Å². The van der Waals surface area contributed by atoms with Crippen molar-refractivity contribution in [2.75, 3.05) is 6.61 Å². The lowest BCUT2D eigenvalue weighted by Crippen LogP contribution is -2.24. The summed E-state index contributed by atoms with van der Waals surface area (Å²) in [6.45, 7) is 2.61. The number of ether oxygens (including phenoxy) is 1. The highest BCUT2D eigenvalue weighted by molar-refractivity contribution is 4.57. The molecule has 0 aromatic heterocycles. The molecule has 12 heavy (non-hydrogen) atoms. The van der Waals surface area contributed by atoms with E-state index in [1.54, 1.807) is 0 Å². The molecule has 0 rings (SSSR count). The van der Waals surface area contributed by atoms with E-state index in [-0.39, 0.29) is 0 Å². The molecule has 0 heterocycles. The molecule has 2 nitrogen and oxygen atoms in total. The number of hydrogen-bond acceptors (Lipinski definition) is 2. The molecule has 0 radical (unpaired) electrons. The van der Waals surface area contributed by atoms with Gasteiger partial charge < -0.3 is 9.84 Å². The van der Waals surface area contributed by atoms with Gasteiger partial charge in [-0.2, -0.15) is 13.2 Å². The highest BCUT2D eigenvalue weighted by atomic mass is 19.4. The maximum atomic E-state index is 11.6. The van der Waals surface area contributed by atoms with Crippen LogP contribution in [0.15, 0.2) is 0 Å². The summed E-state index contributed by atoms with van der Waals surface area (Å²) in [4.78, 5) is 0. The normalized spacial score (nSPS) is 17.5. The van der Waals surface area contributed by atoms with Crippen LogP contribution in [0.1, 0.15) is 20.3 Å². The maximum Gasteiger partial charge on any atom is 0.391 e. The summed E-state index contributed by atoms with van der Waals surface area (Å²) >= 11 is 0. The number of hydrogen-bond donors (Lipinski definition) is 1. The van der Waals surface area contributed by atoms with Gasteiger partial charge in [-0.25, -0.2) is 0 Å². The zero-order chi connectivity index (χ0) is 9.78. The second kappa shape index (κ2) is 4.67. The average Bonchev–Trinajstić information content (AvgIpc) is 1.84. The van der Waals surface area contributed by atoms with E-state index in [4.69, 9.17) is 9.84 Å². The van der Waals surface area contributed by atoms with Crippen LogP contribution in [0.4, 0.5) is 13.2 Å². The second-order valence-corrected chi connectivity index (χ2v) is 2.68. The Hall–Kier alpha value is -0.290. The van der Waals surface area contributed by atoms with Gasteiger partial charge in [-0.15, -0.1) is 0 Å². The molecule has 0 aliphatic rings. The van der Waals surface area contributed by atoms with Gasteiger partial charge >= 0.3 is 6.18 Å². The summed E-state index contributed by atoms with van der Waals surface area (Å²) in [5.74, 6) is 0. The lowest BCUT2D eigenvalue weighted by molar-refractivity contribution is -0.152. The third kappa shape index (κ3) is 6.42. The lowest BCUT2D eigenvalue weighted by Gasteiger charge is -2.16. The Kier molecular flexibility index (Phi) is 4.55. The quantitative estimate of drug-likeness (QED) is 0.724. The molecule has 0 aliphatic carbocycles. The molecular weight excluding hydrogens is 173 g/mol. The van der Waals surface area contributed by atoms with E-state index in [1.165, 1.54) is 13.8 Å². The number of aliphatic hydroxyl groups is 1. The van der Waals surface area contributed by atoms with Crippen LogP contribution in [0, 0.1) is 0 Å². The van der Waals surface area contributed by atoms with Crippen molar-refractivity contribution < 1.29 is 23.0 Å². The summed E-state index contributed by atoms with van der Waals surface area (Å²) in [6, 6.07) is 0. The average molecular weight is 186 g/mol. The smallest absolute Gasteiger partial charge is 0.391 e. The van der Waals surface area contributed by atoms with Crippen LogP contribution >= 0.6 is 0 Å². The predicted molar refractivity (Wildman–Crippen MR) is 37.8 cm³/mol. The van der Waals surface area contributed by atoms with E-state index in [9.17, 15) is 13.2 Å². The standard InChI is InChI=1S/C7H13F3O2/c1-5(11)6(2)12-4-3-7(8,9)10/h5-6,11H,3-4H2,1-2H3. The third-order valence-corrected chi connectivity index (χ3v) is 1.45. The van der Waals surface area contributed by atoms with Crippen molar-refractivity contribution >= 4 is 0 Å². The van der Waals surface area contributed by atoms with E-state index in [1.807, 2.05) is 0 Å². The van der Waals surface area contributed by atoms with Crippen molar-refractivity contribution in [1.82, 2.24) is 0 Å². The Morgan fingerprint density at radius 3 is 2.17 bits per heavy atom. The minimum Gasteiger partial charge on any atom is -0.391 e. The van der Waals surface area contributed by atoms with Gasteiger partial charge in [0.05, 0.1) is 25.2 Å². The van der Waals surface area contributed by atoms with Crippen LogP contribution < -0.4 is 0 Å². The first-order chi connectivity index (χ1) is 5.33. The van der Waals surface area contributed by atoms with Crippen molar-refractivity contribution in [3.8, 4) is 0 Å². The summed E-state index contributed by atoms with van der Waals surface area (Å²) in [5.41, 5.74) is 0. The first kappa shape index (κ1) is 11.7. The van der Waals surface area contributed by atoms with E-state index < -0.39 is 31.4 Å². The zero-order valence-electron chi connectivity index (χ0n) is 7.06. The largest absolute Gasteiger partial charge is 0.391 e. The van der Waals surface area contributed by atoms with E-state index in [2.05, 4.69) is 0 Å². The number of alkyl halides is 3. The monoisotopic (exact) mass is 186 g/mol. The van der Waals surface area contributed by atoms with Gasteiger partial charge in [-0.05, 0) is 13.8 Å². The molecule has 0 spiro atoms. The fraction of sp³-hybridized carbons (Fsp3) is 1.00. The van der Waals surface area contributed by atoms with Gasteiger partial charge in [0.25, 0.3) is 0 Å². The predicted octanol–water partition coefficient (Wildman–Crippen LogP) is 1.72. The van der Waals surface area contributed by atoms with E-state index in [0.29, 0.717) is 0 Å². The highest BCUT2D eigenvalue weighted by Gasteiger charge is 2.27. The minimum absolute atomic E-state index is 0.393. The van der Waals surface area contributed by atoms with Gasteiger partial charge in [0.1, 0.15) is 0 Å². The number of halogens is 3. The Balaban J connectivity index is 3.44. The molecule has 0 aromatic carbocycles. The van der Waals surface area contributed by atoms with Crippen molar-refractivity contribution in [1.29, 1.82) is 0 Å². The molecule has 0 bridgehead atoms. The van der Waals surface area contributed by atoms with E-state index >= 15 is 0 Å². The topological polar surface area (TPSA) is 29.5 Å². The van der Waals surface area contributed by atoms with Gasteiger partial charge in [-0.1, -0.05) is 0 Å². The molecule has 5 heteroatoms. The van der Waals surface area contributed by atoms with Crippen LogP contribution in [-0.2, 0) is 4.74 Å². The second-order valence-electron chi connectivity index (χ2n) is 2.68. The molecule has 2 unspecified atom stereocenters. The van der Waals surface area contributed by atoms with Crippen molar-refractivity contribution in [2.24, 2.45) is 0 Å². The summed E-state index contributed by atoms with van der Waals surface area (Å²) < 4.78 is 39.4. The summed E-state index contributed by atoms with van der Waals surface area (Å²) in [5, 5.41) is 8.84. The molecule has 0 amide bonds. The number of rotatable bonds is 4. The van der Waals surface area contributed by atoms with Gasteiger partial charge in [0.2, 0.25) is 0 Å². The molecule has 0 saturated heterocycles. The number of aliphatic hydroxyl groups excluding tert-OH is 1. The molecule has 0 aromatic rings. The van der Waals surface area contributed by atoms with Crippen LogP contribution in [-0.4, -0.2) is 30.1 Å².